The molecule has 0 bridgehead atoms. The monoisotopic (exact) mass is 264 g/mol. The first-order valence-corrected chi connectivity index (χ1v) is 5.96. The number of nitrogens with one attached hydrogen (secondary N) is 1. The van der Waals surface area contributed by atoms with Gasteiger partial charge >= 0.3 is 0 Å². The van der Waals surface area contributed by atoms with E-state index in [-0.39, 0.29) is 22.7 Å². The normalized spacial score (nSPS) is 11.1. The van der Waals surface area contributed by atoms with Crippen LogP contribution in [0.25, 0.3) is 11.3 Å². The lowest BCUT2D eigenvalue weighted by atomic mass is 10.1. The Morgan fingerprint density at radius 1 is 1.26 bits per heavy atom. The van der Waals surface area contributed by atoms with E-state index in [0.717, 1.165) is 12.1 Å². The molecule has 5 heteroatoms. The van der Waals surface area contributed by atoms with Gasteiger partial charge < -0.3 is 4.98 Å². The Morgan fingerprint density at radius 3 is 2.53 bits per heavy atom. The molecule has 3 nitrogen and oxygen atoms in total. The average molecular weight is 264 g/mol. The fourth-order valence-electron chi connectivity index (χ4n) is 1.77. The molecule has 2 rings (SSSR count). The van der Waals surface area contributed by atoms with Crippen molar-refractivity contribution in [3.63, 3.8) is 0 Å². The molecule has 0 spiro atoms. The zero-order valence-corrected chi connectivity index (χ0v) is 10.9. The highest BCUT2D eigenvalue weighted by atomic mass is 19.1. The Kier molecular flexibility index (Phi) is 3.46. The Bertz CT molecular complexity index is 678. The molecule has 2 aromatic rings. The molecular weight excluding hydrogens is 250 g/mol. The van der Waals surface area contributed by atoms with Crippen LogP contribution in [0.3, 0.4) is 0 Å². The summed E-state index contributed by atoms with van der Waals surface area (Å²) in [6, 6.07) is 3.23. The van der Waals surface area contributed by atoms with Crippen LogP contribution in [-0.4, -0.2) is 9.97 Å². The van der Waals surface area contributed by atoms with E-state index < -0.39 is 11.6 Å². The number of hydrogen-bond donors (Lipinski definition) is 1. The van der Waals surface area contributed by atoms with Crippen molar-refractivity contribution in [2.75, 3.05) is 0 Å². The maximum absolute atomic E-state index is 13.8. The van der Waals surface area contributed by atoms with E-state index in [1.807, 2.05) is 13.8 Å². The number of aromatic amines is 1. The number of H-pyrrole nitrogens is 1. The molecule has 1 heterocycles. The number of nitrogens with zero attached hydrogens (tertiary/aromatic N) is 1. The molecule has 0 aliphatic heterocycles. The maximum atomic E-state index is 13.8. The number of benzene rings is 1. The van der Waals surface area contributed by atoms with Gasteiger partial charge in [-0.2, -0.15) is 0 Å². The van der Waals surface area contributed by atoms with Crippen LogP contribution in [0.1, 0.15) is 31.2 Å². The molecule has 1 N–H and O–H groups in total. The van der Waals surface area contributed by atoms with E-state index in [9.17, 15) is 13.6 Å². The summed E-state index contributed by atoms with van der Waals surface area (Å²) in [5.41, 5.74) is 0.393. The summed E-state index contributed by atoms with van der Waals surface area (Å²) in [7, 11) is 0. The van der Waals surface area contributed by atoms with E-state index in [4.69, 9.17) is 0 Å². The van der Waals surface area contributed by atoms with Gasteiger partial charge in [-0.15, -0.1) is 0 Å². The minimum Gasteiger partial charge on any atom is -0.310 e. The lowest BCUT2D eigenvalue weighted by Crippen LogP contribution is -2.17. The molecule has 0 fully saturated rings. The van der Waals surface area contributed by atoms with Gasteiger partial charge in [0, 0.05) is 23.1 Å². The van der Waals surface area contributed by atoms with Gasteiger partial charge in [-0.3, -0.25) is 4.79 Å². The number of hydrogen-bond acceptors (Lipinski definition) is 2. The third-order valence-corrected chi connectivity index (χ3v) is 2.90. The predicted octanol–water partition coefficient (Wildman–Crippen LogP) is 3.15. The standard InChI is InChI=1S/C14H14F2N2O/c1-7(2)13-17-12(8(3)14(19)18-13)10-5-4-9(15)6-11(10)16/h4-7H,1-3H3,(H,17,18,19). The first kappa shape index (κ1) is 13.4. The lowest BCUT2D eigenvalue weighted by molar-refractivity contribution is 0.585. The van der Waals surface area contributed by atoms with Crippen molar-refractivity contribution in [2.45, 2.75) is 26.7 Å². The van der Waals surface area contributed by atoms with Crippen molar-refractivity contribution in [1.29, 1.82) is 0 Å². The fourth-order valence-corrected chi connectivity index (χ4v) is 1.77. The molecule has 0 aliphatic carbocycles. The second kappa shape index (κ2) is 4.91. The summed E-state index contributed by atoms with van der Waals surface area (Å²) in [6.07, 6.45) is 0. The Balaban J connectivity index is 2.70. The van der Waals surface area contributed by atoms with E-state index >= 15 is 0 Å². The summed E-state index contributed by atoms with van der Waals surface area (Å²) in [5.74, 6) is -0.895. The predicted molar refractivity (Wildman–Crippen MR) is 69.0 cm³/mol. The largest absolute Gasteiger partial charge is 0.310 e. The van der Waals surface area contributed by atoms with Crippen LogP contribution in [0.2, 0.25) is 0 Å². The third-order valence-electron chi connectivity index (χ3n) is 2.90. The van der Waals surface area contributed by atoms with Crippen molar-refractivity contribution < 1.29 is 8.78 Å². The molecule has 0 saturated heterocycles. The average Bonchev–Trinajstić information content (AvgIpc) is 2.33. The van der Waals surface area contributed by atoms with Gasteiger partial charge in [0.25, 0.3) is 5.56 Å². The van der Waals surface area contributed by atoms with Gasteiger partial charge in [-0.25, -0.2) is 13.8 Å². The highest BCUT2D eigenvalue weighted by molar-refractivity contribution is 5.63. The van der Waals surface area contributed by atoms with Gasteiger partial charge in [0.2, 0.25) is 0 Å². The smallest absolute Gasteiger partial charge is 0.254 e. The van der Waals surface area contributed by atoms with Gasteiger partial charge in [0.1, 0.15) is 17.5 Å². The summed E-state index contributed by atoms with van der Waals surface area (Å²) < 4.78 is 26.7. The van der Waals surface area contributed by atoms with Crippen LogP contribution in [0.5, 0.6) is 0 Å². The van der Waals surface area contributed by atoms with Crippen LogP contribution >= 0.6 is 0 Å². The minimum absolute atomic E-state index is 0.00978. The molecule has 0 atom stereocenters. The van der Waals surface area contributed by atoms with Crippen molar-refractivity contribution >= 4 is 0 Å². The van der Waals surface area contributed by atoms with Gasteiger partial charge in [0.05, 0.1) is 5.69 Å². The molecule has 0 aliphatic rings. The maximum Gasteiger partial charge on any atom is 0.254 e. The van der Waals surface area contributed by atoms with E-state index in [0.29, 0.717) is 11.4 Å². The van der Waals surface area contributed by atoms with Crippen molar-refractivity contribution in [1.82, 2.24) is 9.97 Å². The van der Waals surface area contributed by atoms with Crippen LogP contribution in [0.4, 0.5) is 8.78 Å². The summed E-state index contributed by atoms with van der Waals surface area (Å²) >= 11 is 0. The quantitative estimate of drug-likeness (QED) is 0.905. The van der Waals surface area contributed by atoms with Crippen LogP contribution in [-0.2, 0) is 0 Å². The Morgan fingerprint density at radius 2 is 1.95 bits per heavy atom. The SMILES string of the molecule is Cc1c(-c2ccc(F)cc2F)nc(C(C)C)[nH]c1=O. The van der Waals surface area contributed by atoms with Crippen molar-refractivity contribution in [3.8, 4) is 11.3 Å². The van der Waals surface area contributed by atoms with Crippen molar-refractivity contribution in [3.05, 3.63) is 51.6 Å². The van der Waals surface area contributed by atoms with Crippen LogP contribution in [0, 0.1) is 18.6 Å². The molecule has 0 amide bonds. The summed E-state index contributed by atoms with van der Waals surface area (Å²) in [5, 5.41) is 0. The second-order valence-corrected chi connectivity index (χ2v) is 4.70. The van der Waals surface area contributed by atoms with Crippen molar-refractivity contribution in [2.24, 2.45) is 0 Å². The second-order valence-electron chi connectivity index (χ2n) is 4.70. The molecule has 100 valence electrons. The Hall–Kier alpha value is -2.04. The number of aromatic nitrogens is 2. The molecule has 1 aromatic carbocycles. The molecule has 0 saturated carbocycles. The summed E-state index contributed by atoms with van der Waals surface area (Å²) in [6.45, 7) is 5.31. The lowest BCUT2D eigenvalue weighted by Gasteiger charge is -2.10. The van der Waals surface area contributed by atoms with E-state index in [1.165, 1.54) is 6.07 Å². The Labute approximate surface area is 109 Å². The molecule has 19 heavy (non-hydrogen) atoms. The number of rotatable bonds is 2. The van der Waals surface area contributed by atoms with Gasteiger partial charge in [0.15, 0.2) is 0 Å². The van der Waals surface area contributed by atoms with Crippen LogP contribution in [0.15, 0.2) is 23.0 Å². The number of halogens is 2. The minimum atomic E-state index is -0.726. The fraction of sp³-hybridized carbons (Fsp3) is 0.286. The summed E-state index contributed by atoms with van der Waals surface area (Å²) in [4.78, 5) is 18.8. The van der Waals surface area contributed by atoms with E-state index in [1.54, 1.807) is 6.92 Å². The zero-order chi connectivity index (χ0) is 14.2. The molecule has 0 unspecified atom stereocenters. The molecule has 1 aromatic heterocycles. The topological polar surface area (TPSA) is 45.8 Å². The highest BCUT2D eigenvalue weighted by Gasteiger charge is 2.15. The van der Waals surface area contributed by atoms with E-state index in [2.05, 4.69) is 9.97 Å². The van der Waals surface area contributed by atoms with Crippen LogP contribution < -0.4 is 5.56 Å². The zero-order valence-electron chi connectivity index (χ0n) is 10.9. The molecular formula is C14H14F2N2O. The van der Waals surface area contributed by atoms with Gasteiger partial charge in [-0.1, -0.05) is 13.8 Å². The molecule has 0 radical (unpaired) electrons. The highest BCUT2D eigenvalue weighted by Crippen LogP contribution is 2.24. The first-order valence-electron chi connectivity index (χ1n) is 5.96. The third kappa shape index (κ3) is 2.54. The first-order chi connectivity index (χ1) is 8.90. The van der Waals surface area contributed by atoms with Gasteiger partial charge in [-0.05, 0) is 19.1 Å².